The number of halogens is 1. The lowest BCUT2D eigenvalue weighted by Crippen LogP contribution is -2.17. The van der Waals surface area contributed by atoms with Crippen LogP contribution in [0.15, 0.2) is 40.8 Å². The van der Waals surface area contributed by atoms with Gasteiger partial charge in [0.25, 0.3) is 0 Å². The molecule has 0 spiro atoms. The van der Waals surface area contributed by atoms with Crippen LogP contribution in [0.4, 0.5) is 4.39 Å². The van der Waals surface area contributed by atoms with Crippen LogP contribution in [0.25, 0.3) is 0 Å². The first kappa shape index (κ1) is 12.8. The van der Waals surface area contributed by atoms with Gasteiger partial charge in [0.1, 0.15) is 17.3 Å². The first-order valence-electron chi connectivity index (χ1n) is 6.25. The average molecular weight is 247 g/mol. The number of aryl methyl sites for hydroxylation is 1. The lowest BCUT2D eigenvalue weighted by molar-refractivity contribution is 0.435. The van der Waals surface area contributed by atoms with Crippen LogP contribution in [0.5, 0.6) is 0 Å². The summed E-state index contributed by atoms with van der Waals surface area (Å²) in [6.07, 6.45) is 0.910. The van der Waals surface area contributed by atoms with Crippen molar-refractivity contribution in [2.75, 3.05) is 0 Å². The summed E-state index contributed by atoms with van der Waals surface area (Å²) in [7, 11) is 0. The minimum atomic E-state index is -0.204. The van der Waals surface area contributed by atoms with Gasteiger partial charge < -0.3 is 9.73 Å². The monoisotopic (exact) mass is 247 g/mol. The average Bonchev–Trinajstić information content (AvgIpc) is 2.85. The first-order chi connectivity index (χ1) is 8.69. The third kappa shape index (κ3) is 3.20. The van der Waals surface area contributed by atoms with E-state index in [0.717, 1.165) is 23.5 Å². The summed E-state index contributed by atoms with van der Waals surface area (Å²) in [5, 5.41) is 3.36. The predicted molar refractivity (Wildman–Crippen MR) is 69.7 cm³/mol. The Kier molecular flexibility index (Phi) is 4.15. The molecule has 0 amide bonds. The standard InChI is InChI=1S/C15H18FNO/c1-3-14-8-9-15(18-14)10-17-11(2)12-4-6-13(16)7-5-12/h4-9,11,17H,3,10H2,1-2H3/t11-/m0/s1. The molecule has 2 aromatic rings. The van der Waals surface area contributed by atoms with E-state index >= 15 is 0 Å². The first-order valence-corrected chi connectivity index (χ1v) is 6.25. The van der Waals surface area contributed by atoms with Crippen LogP contribution in [0.2, 0.25) is 0 Å². The maximum Gasteiger partial charge on any atom is 0.123 e. The molecule has 0 saturated heterocycles. The molecule has 0 saturated carbocycles. The number of nitrogens with one attached hydrogen (secondary N) is 1. The summed E-state index contributed by atoms with van der Waals surface area (Å²) in [5.41, 5.74) is 1.07. The molecule has 2 nitrogen and oxygen atoms in total. The van der Waals surface area contributed by atoms with E-state index in [1.54, 1.807) is 12.1 Å². The third-order valence-electron chi connectivity index (χ3n) is 3.02. The van der Waals surface area contributed by atoms with Crippen molar-refractivity contribution in [1.29, 1.82) is 0 Å². The highest BCUT2D eigenvalue weighted by Gasteiger charge is 2.06. The van der Waals surface area contributed by atoms with Gasteiger partial charge in [-0.2, -0.15) is 0 Å². The van der Waals surface area contributed by atoms with Gasteiger partial charge in [0.15, 0.2) is 0 Å². The molecular weight excluding hydrogens is 229 g/mol. The highest BCUT2D eigenvalue weighted by molar-refractivity contribution is 5.19. The van der Waals surface area contributed by atoms with Gasteiger partial charge in [-0.05, 0) is 36.8 Å². The number of rotatable bonds is 5. The maximum absolute atomic E-state index is 12.8. The van der Waals surface area contributed by atoms with Gasteiger partial charge in [-0.1, -0.05) is 19.1 Å². The van der Waals surface area contributed by atoms with Crippen molar-refractivity contribution in [3.63, 3.8) is 0 Å². The summed E-state index contributed by atoms with van der Waals surface area (Å²) in [6, 6.07) is 10.7. The molecule has 18 heavy (non-hydrogen) atoms. The van der Waals surface area contributed by atoms with Gasteiger partial charge in [-0.25, -0.2) is 4.39 Å². The second-order valence-corrected chi connectivity index (χ2v) is 4.38. The van der Waals surface area contributed by atoms with Crippen LogP contribution in [-0.4, -0.2) is 0 Å². The Morgan fingerprint density at radius 3 is 2.39 bits per heavy atom. The largest absolute Gasteiger partial charge is 0.465 e. The van der Waals surface area contributed by atoms with E-state index in [2.05, 4.69) is 19.2 Å². The molecule has 2 rings (SSSR count). The van der Waals surface area contributed by atoms with E-state index < -0.39 is 0 Å². The minimum absolute atomic E-state index is 0.167. The topological polar surface area (TPSA) is 25.2 Å². The highest BCUT2D eigenvalue weighted by atomic mass is 19.1. The van der Waals surface area contributed by atoms with Crippen molar-refractivity contribution in [2.24, 2.45) is 0 Å². The van der Waals surface area contributed by atoms with Crippen LogP contribution < -0.4 is 5.32 Å². The molecule has 0 aliphatic carbocycles. The summed E-state index contributed by atoms with van der Waals surface area (Å²) >= 11 is 0. The van der Waals surface area contributed by atoms with Gasteiger partial charge in [0, 0.05) is 12.5 Å². The molecule has 3 heteroatoms. The van der Waals surface area contributed by atoms with Crippen LogP contribution in [0.1, 0.15) is 37.0 Å². The van der Waals surface area contributed by atoms with Crippen LogP contribution in [-0.2, 0) is 13.0 Å². The Bertz CT molecular complexity index is 489. The van der Waals surface area contributed by atoms with Crippen molar-refractivity contribution in [3.05, 3.63) is 59.3 Å². The van der Waals surface area contributed by atoms with Crippen LogP contribution in [0.3, 0.4) is 0 Å². The summed E-state index contributed by atoms with van der Waals surface area (Å²) in [4.78, 5) is 0. The Hall–Kier alpha value is -1.61. The van der Waals surface area contributed by atoms with E-state index in [1.807, 2.05) is 12.1 Å². The smallest absolute Gasteiger partial charge is 0.123 e. The molecule has 1 heterocycles. The van der Waals surface area contributed by atoms with Crippen LogP contribution in [0, 0.1) is 5.82 Å². The Balaban J connectivity index is 1.91. The Morgan fingerprint density at radius 2 is 1.78 bits per heavy atom. The fraction of sp³-hybridized carbons (Fsp3) is 0.333. The molecule has 1 aromatic heterocycles. The van der Waals surface area contributed by atoms with Gasteiger partial charge in [-0.15, -0.1) is 0 Å². The highest BCUT2D eigenvalue weighted by Crippen LogP contribution is 2.14. The molecule has 96 valence electrons. The predicted octanol–water partition coefficient (Wildman–Crippen LogP) is 3.83. The van der Waals surface area contributed by atoms with E-state index in [4.69, 9.17) is 4.42 Å². The van der Waals surface area contributed by atoms with Gasteiger partial charge >= 0.3 is 0 Å². The van der Waals surface area contributed by atoms with Gasteiger partial charge in [-0.3, -0.25) is 0 Å². The molecule has 0 unspecified atom stereocenters. The summed E-state index contributed by atoms with van der Waals surface area (Å²) < 4.78 is 18.4. The Morgan fingerprint density at radius 1 is 1.11 bits per heavy atom. The fourth-order valence-electron chi connectivity index (χ4n) is 1.83. The molecule has 0 fully saturated rings. The summed E-state index contributed by atoms with van der Waals surface area (Å²) in [5.74, 6) is 1.73. The van der Waals surface area contributed by atoms with Crippen molar-refractivity contribution in [3.8, 4) is 0 Å². The lowest BCUT2D eigenvalue weighted by atomic mass is 10.1. The quantitative estimate of drug-likeness (QED) is 0.868. The molecule has 1 aromatic carbocycles. The number of hydrogen-bond donors (Lipinski definition) is 1. The fourth-order valence-corrected chi connectivity index (χ4v) is 1.83. The van der Waals surface area contributed by atoms with Crippen LogP contribution >= 0.6 is 0 Å². The Labute approximate surface area is 107 Å². The second kappa shape index (κ2) is 5.83. The van der Waals surface area contributed by atoms with Crippen molar-refractivity contribution in [2.45, 2.75) is 32.9 Å². The molecule has 0 bridgehead atoms. The van der Waals surface area contributed by atoms with E-state index in [-0.39, 0.29) is 11.9 Å². The maximum atomic E-state index is 12.8. The molecular formula is C15H18FNO. The van der Waals surface area contributed by atoms with Crippen molar-refractivity contribution >= 4 is 0 Å². The number of benzene rings is 1. The SMILES string of the molecule is CCc1ccc(CN[C@@H](C)c2ccc(F)cc2)o1. The zero-order valence-electron chi connectivity index (χ0n) is 10.7. The van der Waals surface area contributed by atoms with Crippen molar-refractivity contribution < 1.29 is 8.81 Å². The molecule has 1 atom stereocenters. The van der Waals surface area contributed by atoms with E-state index in [9.17, 15) is 4.39 Å². The molecule has 0 radical (unpaired) electrons. The third-order valence-corrected chi connectivity index (χ3v) is 3.02. The van der Waals surface area contributed by atoms with E-state index in [1.165, 1.54) is 12.1 Å². The minimum Gasteiger partial charge on any atom is -0.465 e. The summed E-state index contributed by atoms with van der Waals surface area (Å²) in [6.45, 7) is 4.80. The van der Waals surface area contributed by atoms with Crippen molar-refractivity contribution in [1.82, 2.24) is 5.32 Å². The normalized spacial score (nSPS) is 12.6. The lowest BCUT2D eigenvalue weighted by Gasteiger charge is -2.13. The zero-order chi connectivity index (χ0) is 13.0. The van der Waals surface area contributed by atoms with E-state index in [0.29, 0.717) is 6.54 Å². The van der Waals surface area contributed by atoms with Gasteiger partial charge in [0.2, 0.25) is 0 Å². The molecule has 0 aliphatic rings. The van der Waals surface area contributed by atoms with Gasteiger partial charge in [0.05, 0.1) is 6.54 Å². The zero-order valence-corrected chi connectivity index (χ0v) is 10.7. The molecule has 1 N–H and O–H groups in total. The molecule has 0 aliphatic heterocycles. The number of furan rings is 1. The second-order valence-electron chi connectivity index (χ2n) is 4.38. The number of hydrogen-bond acceptors (Lipinski definition) is 2.